The molecule has 24 heavy (non-hydrogen) atoms. The zero-order valence-corrected chi connectivity index (χ0v) is 15.0. The molecular formula is C17H17N3O2S2. The molecule has 0 aliphatic carbocycles. The van der Waals surface area contributed by atoms with Crippen LogP contribution in [0.15, 0.2) is 58.7 Å². The van der Waals surface area contributed by atoms with E-state index in [0.717, 1.165) is 32.3 Å². The molecule has 3 aromatic rings. The highest BCUT2D eigenvalue weighted by atomic mass is 32.2. The number of H-pyrrole nitrogens is 1. The van der Waals surface area contributed by atoms with Crippen molar-refractivity contribution in [3.63, 3.8) is 0 Å². The maximum Gasteiger partial charge on any atom is 0.151 e. The van der Waals surface area contributed by atoms with Gasteiger partial charge in [-0.15, -0.1) is 0 Å². The minimum absolute atomic E-state index is 0.0444. The topological polar surface area (TPSA) is 75.7 Å². The Balaban J connectivity index is 1.83. The number of aromatic amines is 1. The molecule has 0 amide bonds. The fourth-order valence-electron chi connectivity index (χ4n) is 2.25. The largest absolute Gasteiger partial charge is 0.284 e. The predicted octanol–water partition coefficient (Wildman–Crippen LogP) is 3.48. The van der Waals surface area contributed by atoms with Crippen LogP contribution in [0.25, 0.3) is 11.3 Å². The van der Waals surface area contributed by atoms with Gasteiger partial charge >= 0.3 is 0 Å². The Labute approximate surface area is 145 Å². The third-order valence-electron chi connectivity index (χ3n) is 3.36. The van der Waals surface area contributed by atoms with E-state index in [-0.39, 0.29) is 5.75 Å². The summed E-state index contributed by atoms with van der Waals surface area (Å²) in [6.45, 7) is 2.00. The molecule has 3 rings (SSSR count). The zero-order chi connectivity index (χ0) is 17.2. The van der Waals surface area contributed by atoms with Crippen LogP contribution in [0, 0.1) is 6.92 Å². The number of aryl methyl sites for hydroxylation is 1. The number of hydrogen-bond acceptors (Lipinski definition) is 5. The van der Waals surface area contributed by atoms with Gasteiger partial charge in [0, 0.05) is 24.2 Å². The summed E-state index contributed by atoms with van der Waals surface area (Å²) >= 11 is 1.54. The van der Waals surface area contributed by atoms with E-state index in [0.29, 0.717) is 0 Å². The highest BCUT2D eigenvalue weighted by molar-refractivity contribution is 7.99. The fourth-order valence-corrected chi connectivity index (χ4v) is 3.89. The fraction of sp³-hybridized carbons (Fsp3) is 0.176. The molecule has 0 radical (unpaired) electrons. The first-order valence-electron chi connectivity index (χ1n) is 7.32. The van der Waals surface area contributed by atoms with Crippen LogP contribution in [-0.4, -0.2) is 29.9 Å². The Morgan fingerprint density at radius 1 is 1.12 bits per heavy atom. The molecule has 2 heterocycles. The van der Waals surface area contributed by atoms with Gasteiger partial charge in [0.15, 0.2) is 9.84 Å². The lowest BCUT2D eigenvalue weighted by Crippen LogP contribution is -2.00. The van der Waals surface area contributed by atoms with Crippen molar-refractivity contribution in [2.24, 2.45) is 0 Å². The predicted molar refractivity (Wildman–Crippen MR) is 95.7 cm³/mol. The highest BCUT2D eigenvalue weighted by Crippen LogP contribution is 2.33. The van der Waals surface area contributed by atoms with Crippen LogP contribution in [0.5, 0.6) is 0 Å². The summed E-state index contributed by atoms with van der Waals surface area (Å²) in [7, 11) is -3.03. The van der Waals surface area contributed by atoms with Crippen molar-refractivity contribution >= 4 is 21.6 Å². The third kappa shape index (κ3) is 4.24. The molecule has 0 spiro atoms. The molecule has 0 atom stereocenters. The summed E-state index contributed by atoms with van der Waals surface area (Å²) in [4.78, 5) is 5.37. The Bertz CT molecular complexity index is 931. The number of pyridine rings is 1. The lowest BCUT2D eigenvalue weighted by molar-refractivity contribution is 0.601. The van der Waals surface area contributed by atoms with Crippen LogP contribution in [-0.2, 0) is 15.6 Å². The second kappa shape index (κ2) is 6.78. The number of nitrogens with zero attached hydrogens (tertiary/aromatic N) is 2. The quantitative estimate of drug-likeness (QED) is 0.755. The van der Waals surface area contributed by atoms with Crippen molar-refractivity contribution in [1.82, 2.24) is 15.2 Å². The van der Waals surface area contributed by atoms with Crippen molar-refractivity contribution in [3.05, 3.63) is 59.9 Å². The van der Waals surface area contributed by atoms with Crippen molar-refractivity contribution in [1.29, 1.82) is 0 Å². The van der Waals surface area contributed by atoms with Crippen molar-refractivity contribution in [2.45, 2.75) is 22.6 Å². The maximum absolute atomic E-state index is 11.4. The second-order valence-electron chi connectivity index (χ2n) is 5.64. The van der Waals surface area contributed by atoms with Crippen LogP contribution in [0.2, 0.25) is 0 Å². The number of aromatic nitrogens is 3. The minimum Gasteiger partial charge on any atom is -0.284 e. The van der Waals surface area contributed by atoms with Crippen LogP contribution in [0.3, 0.4) is 0 Å². The Morgan fingerprint density at radius 2 is 1.88 bits per heavy atom. The molecule has 2 aromatic heterocycles. The monoisotopic (exact) mass is 359 g/mol. The lowest BCUT2D eigenvalue weighted by atomic mass is 10.1. The highest BCUT2D eigenvalue weighted by Gasteiger charge is 2.11. The summed E-state index contributed by atoms with van der Waals surface area (Å²) in [5.41, 5.74) is 3.65. The number of hydrogen-bond donors (Lipinski definition) is 1. The average molecular weight is 359 g/mol. The Kier molecular flexibility index (Phi) is 4.73. The van der Waals surface area contributed by atoms with Gasteiger partial charge in [0.05, 0.1) is 10.6 Å². The van der Waals surface area contributed by atoms with E-state index in [9.17, 15) is 8.42 Å². The molecule has 0 bridgehead atoms. The SMILES string of the molecule is Cc1ccc(Sc2c[nH]nc2-c2ccc(CS(C)(=O)=O)cc2)nc1. The number of nitrogens with one attached hydrogen (secondary N) is 1. The van der Waals surface area contributed by atoms with Crippen molar-refractivity contribution in [3.8, 4) is 11.3 Å². The van der Waals surface area contributed by atoms with Crippen molar-refractivity contribution < 1.29 is 8.42 Å². The molecular weight excluding hydrogens is 342 g/mol. The number of benzene rings is 1. The van der Waals surface area contributed by atoms with E-state index in [1.807, 2.05) is 55.7 Å². The van der Waals surface area contributed by atoms with Gasteiger partial charge in [-0.05, 0) is 24.1 Å². The van der Waals surface area contributed by atoms with Gasteiger partial charge in [-0.2, -0.15) is 5.10 Å². The molecule has 124 valence electrons. The van der Waals surface area contributed by atoms with E-state index in [2.05, 4.69) is 15.2 Å². The summed E-state index contributed by atoms with van der Waals surface area (Å²) in [6, 6.07) is 11.4. The molecule has 0 aliphatic heterocycles. The number of sulfone groups is 1. The Morgan fingerprint density at radius 3 is 2.50 bits per heavy atom. The van der Waals surface area contributed by atoms with Gasteiger partial charge in [0.2, 0.25) is 0 Å². The first-order valence-corrected chi connectivity index (χ1v) is 10.2. The average Bonchev–Trinajstić information content (AvgIpc) is 2.97. The summed E-state index contributed by atoms with van der Waals surface area (Å²) in [5.74, 6) is 0.0444. The van der Waals surface area contributed by atoms with Crippen LogP contribution in [0.4, 0.5) is 0 Å². The molecule has 0 saturated heterocycles. The van der Waals surface area contributed by atoms with Gasteiger partial charge < -0.3 is 0 Å². The van der Waals surface area contributed by atoms with Gasteiger partial charge in [0.1, 0.15) is 10.7 Å². The van der Waals surface area contributed by atoms with Crippen LogP contribution >= 0.6 is 11.8 Å². The van der Waals surface area contributed by atoms with E-state index < -0.39 is 9.84 Å². The summed E-state index contributed by atoms with van der Waals surface area (Å²) in [5, 5.41) is 8.10. The first kappa shape index (κ1) is 16.7. The van der Waals surface area contributed by atoms with E-state index in [4.69, 9.17) is 0 Å². The van der Waals surface area contributed by atoms with Gasteiger partial charge in [0.25, 0.3) is 0 Å². The normalized spacial score (nSPS) is 11.6. The van der Waals surface area contributed by atoms with E-state index in [1.54, 1.807) is 0 Å². The summed E-state index contributed by atoms with van der Waals surface area (Å²) in [6.07, 6.45) is 4.91. The van der Waals surface area contributed by atoms with Gasteiger partial charge in [-0.3, -0.25) is 5.10 Å². The molecule has 0 fully saturated rings. The second-order valence-corrected chi connectivity index (χ2v) is 8.84. The molecule has 1 aromatic carbocycles. The molecule has 0 saturated carbocycles. The first-order chi connectivity index (χ1) is 11.4. The maximum atomic E-state index is 11.4. The van der Waals surface area contributed by atoms with E-state index >= 15 is 0 Å². The minimum atomic E-state index is -3.03. The molecule has 1 N–H and O–H groups in total. The van der Waals surface area contributed by atoms with E-state index in [1.165, 1.54) is 18.0 Å². The summed E-state index contributed by atoms with van der Waals surface area (Å²) < 4.78 is 22.7. The molecule has 5 nitrogen and oxygen atoms in total. The Hall–Kier alpha value is -2.12. The van der Waals surface area contributed by atoms with Crippen LogP contribution < -0.4 is 0 Å². The van der Waals surface area contributed by atoms with Gasteiger partial charge in [-0.1, -0.05) is 42.1 Å². The third-order valence-corrected chi connectivity index (χ3v) is 5.20. The zero-order valence-electron chi connectivity index (χ0n) is 13.4. The van der Waals surface area contributed by atoms with Crippen molar-refractivity contribution in [2.75, 3.05) is 6.26 Å². The molecule has 0 unspecified atom stereocenters. The molecule has 0 aliphatic rings. The molecule has 7 heteroatoms. The standard InChI is InChI=1S/C17H17N3O2S2/c1-12-3-8-16(18-9-12)23-15-10-19-20-17(15)14-6-4-13(5-7-14)11-24(2,21)22/h3-10H,11H2,1-2H3,(H,19,20). The lowest BCUT2D eigenvalue weighted by Gasteiger charge is -2.04. The van der Waals surface area contributed by atoms with Crippen LogP contribution in [0.1, 0.15) is 11.1 Å². The number of rotatable bonds is 5. The van der Waals surface area contributed by atoms with Gasteiger partial charge in [-0.25, -0.2) is 13.4 Å². The smallest absolute Gasteiger partial charge is 0.151 e.